The van der Waals surface area contributed by atoms with Crippen LogP contribution in [0.2, 0.25) is 0 Å². The van der Waals surface area contributed by atoms with Crippen LogP contribution in [0.25, 0.3) is 0 Å². The van der Waals surface area contributed by atoms with Crippen molar-refractivity contribution in [1.82, 2.24) is 0 Å². The van der Waals surface area contributed by atoms with E-state index in [1.165, 1.54) is 0 Å². The van der Waals surface area contributed by atoms with Gasteiger partial charge in [-0.25, -0.2) is 0 Å². The molecule has 0 bridgehead atoms. The molecule has 3 rings (SSSR count). The highest BCUT2D eigenvalue weighted by molar-refractivity contribution is 5.92. The number of aryl methyl sites for hydroxylation is 2. The minimum absolute atomic E-state index is 0.122. The molecule has 0 radical (unpaired) electrons. The van der Waals surface area contributed by atoms with Gasteiger partial charge in [0, 0.05) is 11.5 Å². The lowest BCUT2D eigenvalue weighted by Crippen LogP contribution is -2.13. The van der Waals surface area contributed by atoms with Crippen LogP contribution in [0.3, 0.4) is 0 Å². The molecule has 4 N–H and O–H groups in total. The minimum atomic E-state index is -0.460. The molecule has 0 heterocycles. The molecule has 156 valence electrons. The monoisotopic (exact) mass is 403 g/mol. The maximum absolute atomic E-state index is 11.6. The fourth-order valence-corrected chi connectivity index (χ4v) is 4.17. The lowest BCUT2D eigenvalue weighted by atomic mass is 9.78. The van der Waals surface area contributed by atoms with Crippen molar-refractivity contribution in [3.05, 3.63) is 92.0 Å². The van der Waals surface area contributed by atoms with Gasteiger partial charge in [-0.1, -0.05) is 24.3 Å². The normalized spacial score (nSPS) is 11.2. The number of nitrogens with two attached hydrogens (primary N) is 1. The maximum Gasteiger partial charge on any atom is 0.248 e. The van der Waals surface area contributed by atoms with Gasteiger partial charge in [0.2, 0.25) is 5.91 Å². The predicted octanol–water partition coefficient (Wildman–Crippen LogP) is 5.23. The van der Waals surface area contributed by atoms with Crippen LogP contribution in [-0.4, -0.2) is 16.1 Å². The number of primary amides is 1. The van der Waals surface area contributed by atoms with Gasteiger partial charge in [-0.3, -0.25) is 4.79 Å². The third-order valence-electron chi connectivity index (χ3n) is 6.34. The number of amides is 1. The summed E-state index contributed by atoms with van der Waals surface area (Å²) in [5, 5.41) is 20.9. The maximum atomic E-state index is 11.6. The summed E-state index contributed by atoms with van der Waals surface area (Å²) in [6.07, 6.45) is 0. The number of phenolic OH excluding ortho intramolecular Hbond substituents is 2. The van der Waals surface area contributed by atoms with E-state index >= 15 is 0 Å². The zero-order valence-electron chi connectivity index (χ0n) is 18.4. The van der Waals surface area contributed by atoms with Crippen LogP contribution in [0.5, 0.6) is 11.5 Å². The van der Waals surface area contributed by atoms with Crippen molar-refractivity contribution < 1.29 is 15.0 Å². The Kier molecular flexibility index (Phi) is 5.62. The van der Waals surface area contributed by atoms with Gasteiger partial charge in [0.05, 0.1) is 0 Å². The predicted molar refractivity (Wildman–Crippen MR) is 121 cm³/mol. The first-order valence-corrected chi connectivity index (χ1v) is 10.0. The lowest BCUT2D eigenvalue weighted by Gasteiger charge is -2.26. The number of carbonyl (C=O) groups is 1. The molecule has 30 heavy (non-hydrogen) atoms. The van der Waals surface area contributed by atoms with Gasteiger partial charge in [0.25, 0.3) is 0 Å². The van der Waals surface area contributed by atoms with Crippen molar-refractivity contribution in [2.75, 3.05) is 0 Å². The quantitative estimate of drug-likeness (QED) is 0.522. The highest BCUT2D eigenvalue weighted by Crippen LogP contribution is 2.42. The third kappa shape index (κ3) is 3.54. The molecule has 0 spiro atoms. The Hall–Kier alpha value is -3.27. The molecule has 0 unspecified atom stereocenters. The van der Waals surface area contributed by atoms with Crippen LogP contribution in [0.4, 0.5) is 0 Å². The molecule has 1 amide bonds. The van der Waals surface area contributed by atoms with Gasteiger partial charge in [-0.05, 0) is 104 Å². The Morgan fingerprint density at radius 1 is 0.733 bits per heavy atom. The first-order chi connectivity index (χ1) is 14.0. The van der Waals surface area contributed by atoms with E-state index < -0.39 is 5.91 Å². The molecule has 3 aromatic rings. The summed E-state index contributed by atoms with van der Waals surface area (Å²) < 4.78 is 0. The highest BCUT2D eigenvalue weighted by atomic mass is 16.3. The summed E-state index contributed by atoms with van der Waals surface area (Å²) in [5.74, 6) is 0.0452. The number of phenols is 2. The van der Waals surface area contributed by atoms with Crippen molar-refractivity contribution in [3.8, 4) is 11.5 Å². The van der Waals surface area contributed by atoms with E-state index in [0.29, 0.717) is 17.1 Å². The highest BCUT2D eigenvalue weighted by Gasteiger charge is 2.25. The molecule has 4 nitrogen and oxygen atoms in total. The molecule has 4 heteroatoms. The number of aromatic hydroxyl groups is 2. The van der Waals surface area contributed by atoms with Crippen molar-refractivity contribution >= 4 is 5.91 Å². The van der Waals surface area contributed by atoms with Crippen molar-refractivity contribution in [3.63, 3.8) is 0 Å². The van der Waals surface area contributed by atoms with Crippen LogP contribution in [0.1, 0.15) is 66.3 Å². The standard InChI is InChI=1S/C26H29NO3/c1-13-11-21(15(3)17(5)24(13)28)23(19-7-9-20(10-8-19)26(27)30)22-12-14(2)25(29)18(6)16(22)4/h7-12,23,28-29H,1-6H3,(H2,27,30). The number of hydrogen-bond donors (Lipinski definition) is 3. The number of hydrogen-bond acceptors (Lipinski definition) is 3. The van der Waals surface area contributed by atoms with Crippen LogP contribution in [0, 0.1) is 41.5 Å². The second kappa shape index (κ2) is 7.86. The molecule has 0 aliphatic carbocycles. The van der Waals surface area contributed by atoms with E-state index in [0.717, 1.165) is 50.1 Å². The van der Waals surface area contributed by atoms with E-state index in [1.807, 2.05) is 65.8 Å². The van der Waals surface area contributed by atoms with Crippen LogP contribution < -0.4 is 5.73 Å². The van der Waals surface area contributed by atoms with Gasteiger partial charge in [0.1, 0.15) is 11.5 Å². The van der Waals surface area contributed by atoms with E-state index in [9.17, 15) is 15.0 Å². The van der Waals surface area contributed by atoms with Crippen LogP contribution >= 0.6 is 0 Å². The molecule has 0 atom stereocenters. The summed E-state index contributed by atoms with van der Waals surface area (Å²) in [4.78, 5) is 11.6. The second-order valence-corrected chi connectivity index (χ2v) is 8.18. The van der Waals surface area contributed by atoms with Crippen LogP contribution in [-0.2, 0) is 0 Å². The molecule has 0 aromatic heterocycles. The van der Waals surface area contributed by atoms with Gasteiger partial charge < -0.3 is 15.9 Å². The fraction of sp³-hybridized carbons (Fsp3) is 0.269. The Morgan fingerprint density at radius 3 is 1.50 bits per heavy atom. The summed E-state index contributed by atoms with van der Waals surface area (Å²) in [6, 6.07) is 11.4. The molecule has 3 aromatic carbocycles. The molecule has 0 saturated carbocycles. The molecule has 0 fully saturated rings. The number of carbonyl (C=O) groups excluding carboxylic acids is 1. The van der Waals surface area contributed by atoms with Crippen LogP contribution in [0.15, 0.2) is 36.4 Å². The van der Waals surface area contributed by atoms with E-state index in [2.05, 4.69) is 0 Å². The topological polar surface area (TPSA) is 83.6 Å². The molecular formula is C26H29NO3. The van der Waals surface area contributed by atoms with Gasteiger partial charge >= 0.3 is 0 Å². The summed E-state index contributed by atoms with van der Waals surface area (Å²) in [7, 11) is 0. The smallest absolute Gasteiger partial charge is 0.248 e. The summed E-state index contributed by atoms with van der Waals surface area (Å²) in [6.45, 7) is 11.7. The van der Waals surface area contributed by atoms with Crippen molar-refractivity contribution in [1.29, 1.82) is 0 Å². The van der Waals surface area contributed by atoms with Gasteiger partial charge in [-0.15, -0.1) is 0 Å². The average Bonchev–Trinajstić information content (AvgIpc) is 2.72. The summed E-state index contributed by atoms with van der Waals surface area (Å²) in [5.41, 5.74) is 14.5. The fourth-order valence-electron chi connectivity index (χ4n) is 4.17. The van der Waals surface area contributed by atoms with Crippen molar-refractivity contribution in [2.45, 2.75) is 47.5 Å². The zero-order chi connectivity index (χ0) is 22.3. The Labute approximate surface area is 178 Å². The summed E-state index contributed by atoms with van der Waals surface area (Å²) >= 11 is 0. The first kappa shape index (κ1) is 21.4. The first-order valence-electron chi connectivity index (χ1n) is 10.0. The Balaban J connectivity index is 2.36. The molecule has 0 saturated heterocycles. The zero-order valence-corrected chi connectivity index (χ0v) is 18.4. The van der Waals surface area contributed by atoms with E-state index in [1.54, 1.807) is 12.1 Å². The largest absolute Gasteiger partial charge is 0.507 e. The lowest BCUT2D eigenvalue weighted by molar-refractivity contribution is 0.100. The van der Waals surface area contributed by atoms with E-state index in [4.69, 9.17) is 5.73 Å². The van der Waals surface area contributed by atoms with E-state index in [-0.39, 0.29) is 5.92 Å². The molecular weight excluding hydrogens is 374 g/mol. The number of rotatable bonds is 4. The average molecular weight is 404 g/mol. The van der Waals surface area contributed by atoms with Gasteiger partial charge in [0.15, 0.2) is 0 Å². The second-order valence-electron chi connectivity index (χ2n) is 8.18. The Morgan fingerprint density at radius 2 is 1.13 bits per heavy atom. The third-order valence-corrected chi connectivity index (χ3v) is 6.34. The SMILES string of the molecule is Cc1cc(C(c2ccc(C(N)=O)cc2)c2cc(C)c(O)c(C)c2C)c(C)c(C)c1O. The molecule has 0 aliphatic rings. The minimum Gasteiger partial charge on any atom is -0.507 e. The number of benzene rings is 3. The van der Waals surface area contributed by atoms with Gasteiger partial charge in [-0.2, -0.15) is 0 Å². The molecule has 0 aliphatic heterocycles. The van der Waals surface area contributed by atoms with Crippen molar-refractivity contribution in [2.24, 2.45) is 5.73 Å². The Bertz CT molecular complexity index is 1080.